The molecule has 6 amide bonds. The van der Waals surface area contributed by atoms with Crippen LogP contribution in [-0.2, 0) is 110 Å². The van der Waals surface area contributed by atoms with Crippen molar-refractivity contribution in [2.75, 3.05) is 4.72 Å². The van der Waals surface area contributed by atoms with Crippen LogP contribution in [-0.4, -0.2) is 101 Å². The summed E-state index contributed by atoms with van der Waals surface area (Å²) in [4.78, 5) is 125. The van der Waals surface area contributed by atoms with Crippen LogP contribution in [0.25, 0.3) is 0 Å². The van der Waals surface area contributed by atoms with Crippen LogP contribution in [0.2, 0.25) is 0 Å². The summed E-state index contributed by atoms with van der Waals surface area (Å²) in [5, 5.41) is 61.5. The van der Waals surface area contributed by atoms with E-state index in [4.69, 9.17) is 10.3 Å². The number of benzene rings is 7. The highest BCUT2D eigenvalue weighted by atomic mass is 32.2. The molecule has 0 bridgehead atoms. The fraction of sp³-hybridized carbons (Fsp3) is 0.310. The van der Waals surface area contributed by atoms with Crippen LogP contribution in [0.3, 0.4) is 0 Å². The van der Waals surface area contributed by atoms with Crippen molar-refractivity contribution in [1.82, 2.24) is 51.8 Å². The Bertz CT molecular complexity index is 5120. The molecule has 0 aliphatic rings. The molecule has 0 saturated carbocycles. The summed E-state index contributed by atoms with van der Waals surface area (Å²) in [6.07, 6.45) is 6.14. The zero-order valence-electron chi connectivity index (χ0n) is 68.9. The third-order valence-electron chi connectivity index (χ3n) is 18.2. The second-order valence-electron chi connectivity index (χ2n) is 27.6. The van der Waals surface area contributed by atoms with Gasteiger partial charge in [-0.15, -0.1) is 45.3 Å². The molecule has 0 aliphatic heterocycles. The molecule has 11 rings (SSSR count). The molecule has 0 radical (unpaired) electrons. The van der Waals surface area contributed by atoms with Gasteiger partial charge < -0.3 is 37.6 Å². The predicted molar refractivity (Wildman–Crippen MR) is 476 cm³/mol. The number of nitro benzene ring substituents is 3. The molecule has 30 nitrogen and oxygen atoms in total. The number of amides is 6. The number of carbonyl (C=O) groups excluding carboxylic acids is 6. The van der Waals surface area contributed by atoms with Crippen molar-refractivity contribution in [3.63, 3.8) is 0 Å². The van der Waals surface area contributed by atoms with Crippen LogP contribution in [0.15, 0.2) is 210 Å². The first kappa shape index (κ1) is 96.9. The molecule has 122 heavy (non-hydrogen) atoms. The Labute approximate surface area is 724 Å². The number of nitrogens with two attached hydrogens (primary N) is 1. The van der Waals surface area contributed by atoms with Crippen LogP contribution >= 0.6 is 45.3 Å². The number of non-ortho nitro benzene ring substituents is 3. The molecule has 0 fully saturated rings. The maximum atomic E-state index is 13.3. The van der Waals surface area contributed by atoms with E-state index in [1.165, 1.54) is 103 Å². The summed E-state index contributed by atoms with van der Waals surface area (Å²) >= 11 is 6.17. The summed E-state index contributed by atoms with van der Waals surface area (Å²) in [5.74, 6) is -1.84. The van der Waals surface area contributed by atoms with Crippen molar-refractivity contribution in [2.45, 2.75) is 175 Å². The largest absolute Gasteiger partial charge is 0.357 e. The van der Waals surface area contributed by atoms with Crippen LogP contribution < -0.4 is 42.4 Å². The number of aryl methyl sites for hydroxylation is 4. The minimum absolute atomic E-state index is 0.00912. The summed E-state index contributed by atoms with van der Waals surface area (Å²) in [6, 6.07) is 50.1. The molecule has 0 aliphatic carbocycles. The Morgan fingerprint density at radius 2 is 0.607 bits per heavy atom. The van der Waals surface area contributed by atoms with Gasteiger partial charge >= 0.3 is 10.3 Å². The molecule has 11 aromatic rings. The van der Waals surface area contributed by atoms with Crippen molar-refractivity contribution in [2.24, 2.45) is 5.73 Å². The number of nitro groups is 3. The molecule has 0 spiro atoms. The first-order chi connectivity index (χ1) is 58.4. The molecule has 10 N–H and O–H groups in total. The van der Waals surface area contributed by atoms with Crippen molar-refractivity contribution in [3.8, 4) is 0 Å². The van der Waals surface area contributed by atoms with Gasteiger partial charge in [-0.1, -0.05) is 181 Å². The quantitative estimate of drug-likeness (QED) is 0.0100. The number of anilines is 1. The van der Waals surface area contributed by atoms with Crippen molar-refractivity contribution >= 4 is 114 Å². The highest BCUT2D eigenvalue weighted by Crippen LogP contribution is 2.29. The number of rotatable bonds is 36. The molecule has 0 unspecified atom stereocenters. The smallest absolute Gasteiger partial charge is 0.346 e. The van der Waals surface area contributed by atoms with E-state index in [2.05, 4.69) is 58.8 Å². The maximum absolute atomic E-state index is 13.3. The Morgan fingerprint density at radius 3 is 0.844 bits per heavy atom. The highest BCUT2D eigenvalue weighted by molar-refractivity contribution is 7.87. The molecule has 35 heteroatoms. The molecule has 644 valence electrons. The molecule has 0 saturated heterocycles. The minimum atomic E-state index is -4.37. The third kappa shape index (κ3) is 33.0. The van der Waals surface area contributed by atoms with Gasteiger partial charge in [0.05, 0.1) is 87.4 Å². The number of hydrogen-bond donors (Lipinski definition) is 9. The van der Waals surface area contributed by atoms with Gasteiger partial charge in [0.2, 0.25) is 35.4 Å². The normalized spacial score (nSPS) is 12.5. The number of thiazole rings is 4. The van der Waals surface area contributed by atoms with E-state index in [9.17, 15) is 67.5 Å². The number of carbonyl (C=O) groups is 6. The third-order valence-corrected chi connectivity index (χ3v) is 22.8. The predicted octanol–water partition coefficient (Wildman–Crippen LogP) is 14.5. The monoisotopic (exact) mass is 1760 g/mol. The standard InChI is InChI=1S/C24H28N4O5S2.2C24H26N4O4S.C13H15N3O2S.C2H6/c1-3-23-26-22(15-34-23)20(13-18-9-11-19(12-10-18)28-35(31,32)33)27-24(30)21(25-16(2)29)14-17-7-5-4-6-8-17;2*1-3-23-26-22(15-33-23)20(13-18-9-11-19(12-10-18)28(31)32)27-24(30)21(25-16(2)29)14-17-7-5-4-6-8-17;1-2-13-15-12(8-19-13)11(14)7-9-3-5-10(6-4-9)16(17)18;1-2/h4-12,15,20-21,28H,3,13-14H2,1-2H3,(H,25,29)(H,27,30)(H,31,32,33);2*4-12,15,20-21H,3,13-14H2,1-2H3,(H,25,29)(H,27,30);3-6,8,11H,2,7,14H2,1H3;1-2H3/t3*20-,21-;11-;/m0000./s1. The number of aromatic nitrogens is 4. The summed E-state index contributed by atoms with van der Waals surface area (Å²) < 4.78 is 33.0. The van der Waals surface area contributed by atoms with Gasteiger partial charge in [0, 0.05) is 98.0 Å². The van der Waals surface area contributed by atoms with Gasteiger partial charge in [-0.2, -0.15) is 8.42 Å². The van der Waals surface area contributed by atoms with E-state index in [0.717, 1.165) is 102 Å². The number of nitrogens with zero attached hydrogens (tertiary/aromatic N) is 7. The lowest BCUT2D eigenvalue weighted by atomic mass is 10.0. The van der Waals surface area contributed by atoms with E-state index in [-0.39, 0.29) is 64.2 Å². The van der Waals surface area contributed by atoms with Crippen molar-refractivity contribution in [1.29, 1.82) is 0 Å². The fourth-order valence-electron chi connectivity index (χ4n) is 12.2. The Balaban J connectivity index is 0.000000226. The van der Waals surface area contributed by atoms with E-state index in [1.54, 1.807) is 59.9 Å². The average Bonchev–Trinajstić information content (AvgIpc) is 1.36. The summed E-state index contributed by atoms with van der Waals surface area (Å²) in [5.41, 5.74) is 15.7. The zero-order chi connectivity index (χ0) is 88.8. The summed E-state index contributed by atoms with van der Waals surface area (Å²) in [6.45, 7) is 16.2. The van der Waals surface area contributed by atoms with Crippen LogP contribution in [0, 0.1) is 30.3 Å². The molecular formula is C87H101N15O15S5. The molecule has 7 atom stereocenters. The van der Waals surface area contributed by atoms with Gasteiger partial charge in [0.15, 0.2) is 0 Å². The van der Waals surface area contributed by atoms with E-state index in [0.29, 0.717) is 50.6 Å². The fourth-order valence-corrected chi connectivity index (χ4v) is 15.8. The number of nitrogens with one attached hydrogen (secondary N) is 7. The van der Waals surface area contributed by atoms with Crippen LogP contribution in [0.4, 0.5) is 22.7 Å². The van der Waals surface area contributed by atoms with Crippen molar-refractivity contribution in [3.05, 3.63) is 322 Å². The maximum Gasteiger partial charge on any atom is 0.357 e. The summed E-state index contributed by atoms with van der Waals surface area (Å²) in [7, 11) is -4.37. The lowest BCUT2D eigenvalue weighted by Gasteiger charge is -2.23. The first-order valence-electron chi connectivity index (χ1n) is 39.3. The van der Waals surface area contributed by atoms with Gasteiger partial charge in [-0.05, 0) is 102 Å². The zero-order valence-corrected chi connectivity index (χ0v) is 73.0. The van der Waals surface area contributed by atoms with E-state index >= 15 is 0 Å². The topological polar surface area (TPSA) is 448 Å². The molecule has 7 aromatic carbocycles. The Hall–Kier alpha value is -12.3. The van der Waals surface area contributed by atoms with Gasteiger partial charge in [-0.3, -0.25) is 68.4 Å². The lowest BCUT2D eigenvalue weighted by Crippen LogP contribution is -2.48. The Morgan fingerprint density at radius 1 is 0.369 bits per heavy atom. The molecular weight excluding hydrogens is 1660 g/mol. The second kappa shape index (κ2) is 49.5. The van der Waals surface area contributed by atoms with Gasteiger partial charge in [-0.25, -0.2) is 19.9 Å². The van der Waals surface area contributed by atoms with E-state index in [1.807, 2.05) is 152 Å². The average molecular weight is 1760 g/mol. The molecule has 4 heterocycles. The number of hydrogen-bond acceptors (Lipinski definition) is 23. The minimum Gasteiger partial charge on any atom is -0.346 e. The second-order valence-corrected chi connectivity index (χ2v) is 32.5. The Kier molecular flexibility index (Phi) is 39.3. The lowest BCUT2D eigenvalue weighted by molar-refractivity contribution is -0.385. The molecule has 4 aromatic heterocycles. The first-order valence-corrected chi connectivity index (χ1v) is 44.3. The van der Waals surface area contributed by atoms with Crippen LogP contribution in [0.1, 0.15) is 168 Å². The van der Waals surface area contributed by atoms with Crippen molar-refractivity contribution < 1.29 is 56.5 Å². The highest BCUT2D eigenvalue weighted by Gasteiger charge is 2.30. The van der Waals surface area contributed by atoms with Gasteiger partial charge in [0.1, 0.15) is 18.1 Å². The van der Waals surface area contributed by atoms with E-state index < -0.39 is 61.3 Å². The SMILES string of the molecule is CC.CCc1nc([C@@H](N)Cc2ccc([N+](=O)[O-])cc2)cs1.CCc1nc([C@H](Cc2ccc(NS(=O)(=O)O)cc2)NC(=O)[C@H](Cc2ccccc2)NC(C)=O)cs1.CCc1nc([C@H](Cc2ccc([N+](=O)[O-])cc2)NC(=O)[C@H](Cc2ccccc2)NC(C)=O)cs1.CCc1nc([C@H](Cc2ccc([N+](=O)[O-])cc2)NC(=O)[C@H](Cc2ccccc2)NC(C)=O)cs1. The van der Waals surface area contributed by atoms with Gasteiger partial charge in [0.25, 0.3) is 17.1 Å². The van der Waals surface area contributed by atoms with Crippen LogP contribution in [0.5, 0.6) is 0 Å².